The topological polar surface area (TPSA) is 117 Å². The molecule has 2 saturated carbocycles. The van der Waals surface area contributed by atoms with Crippen LogP contribution in [0.3, 0.4) is 0 Å². The van der Waals surface area contributed by atoms with Gasteiger partial charge in [0.25, 0.3) is 0 Å². The van der Waals surface area contributed by atoms with Crippen molar-refractivity contribution in [2.24, 2.45) is 17.3 Å². The second-order valence-corrected chi connectivity index (χ2v) is 17.8. The highest BCUT2D eigenvalue weighted by atomic mass is 16.5. The molecule has 9 nitrogen and oxygen atoms in total. The van der Waals surface area contributed by atoms with Crippen LogP contribution in [-0.2, 0) is 23.9 Å². The quantitative estimate of drug-likeness (QED) is 0.266. The third-order valence-electron chi connectivity index (χ3n) is 11.9. The fraction of sp³-hybridized carbons (Fsp3) is 0.897. The molecular weight excluding hydrogens is 604 g/mol. The van der Waals surface area contributed by atoms with Gasteiger partial charge < -0.3 is 20.3 Å². The number of piperidine rings is 1. The molecule has 2 heterocycles. The molecule has 48 heavy (non-hydrogen) atoms. The number of fused-ring (bicyclic) bond motifs is 3. The van der Waals surface area contributed by atoms with Crippen LogP contribution < -0.4 is 16.0 Å². The van der Waals surface area contributed by atoms with Crippen molar-refractivity contribution in [1.29, 1.82) is 0 Å². The monoisotopic (exact) mass is 673 g/mol. The Morgan fingerprint density at radius 3 is 2.19 bits per heavy atom. The molecule has 4 aliphatic rings. The number of Topliss-reactive ketones (excluding diaryl/α,β-unsaturated/α-hetero) is 2. The largest absolute Gasteiger partial charge is 0.364 e. The molecule has 9 heteroatoms. The smallest absolute Gasteiger partial charge is 0.238 e. The van der Waals surface area contributed by atoms with Gasteiger partial charge in [0.2, 0.25) is 11.8 Å². The van der Waals surface area contributed by atoms with E-state index in [-0.39, 0.29) is 46.4 Å². The van der Waals surface area contributed by atoms with Gasteiger partial charge in [-0.15, -0.1) is 0 Å². The molecule has 2 aliphatic carbocycles. The first-order valence-electron chi connectivity index (χ1n) is 19.3. The van der Waals surface area contributed by atoms with Gasteiger partial charge in [0.1, 0.15) is 5.60 Å². The molecule has 2 unspecified atom stereocenters. The lowest BCUT2D eigenvalue weighted by Crippen LogP contribution is -2.63. The molecule has 2 amide bonds. The molecule has 0 aromatic carbocycles. The number of amides is 2. The predicted molar refractivity (Wildman–Crippen MR) is 191 cm³/mol. The van der Waals surface area contributed by atoms with Crippen LogP contribution >= 0.6 is 0 Å². The van der Waals surface area contributed by atoms with Gasteiger partial charge in [-0.05, 0) is 89.4 Å². The van der Waals surface area contributed by atoms with Gasteiger partial charge in [0.15, 0.2) is 11.6 Å². The van der Waals surface area contributed by atoms with Crippen molar-refractivity contribution in [3.8, 4) is 0 Å². The zero-order valence-electron chi connectivity index (χ0n) is 31.6. The van der Waals surface area contributed by atoms with Crippen LogP contribution in [0, 0.1) is 17.3 Å². The fourth-order valence-electron chi connectivity index (χ4n) is 8.86. The maximum Gasteiger partial charge on any atom is 0.238 e. The van der Waals surface area contributed by atoms with E-state index < -0.39 is 23.2 Å². The summed E-state index contributed by atoms with van der Waals surface area (Å²) in [7, 11) is 0. The number of likely N-dealkylation sites (tertiary alicyclic amines) is 1. The van der Waals surface area contributed by atoms with E-state index >= 15 is 0 Å². The van der Waals surface area contributed by atoms with Gasteiger partial charge in [-0.1, -0.05) is 66.7 Å². The highest BCUT2D eigenvalue weighted by molar-refractivity contribution is 5.96. The molecule has 0 aromatic heterocycles. The Balaban J connectivity index is 1.44. The van der Waals surface area contributed by atoms with Crippen molar-refractivity contribution in [2.75, 3.05) is 19.6 Å². The summed E-state index contributed by atoms with van der Waals surface area (Å²) in [6, 6.07) is -1.31. The molecule has 274 valence electrons. The zero-order valence-corrected chi connectivity index (χ0v) is 31.6. The van der Waals surface area contributed by atoms with Crippen molar-refractivity contribution in [1.82, 2.24) is 20.9 Å². The van der Waals surface area contributed by atoms with Gasteiger partial charge >= 0.3 is 0 Å². The van der Waals surface area contributed by atoms with Crippen LogP contribution in [-0.4, -0.2) is 82.8 Å². The van der Waals surface area contributed by atoms with E-state index in [9.17, 15) is 19.2 Å². The lowest BCUT2D eigenvalue weighted by atomic mass is 9.72. The van der Waals surface area contributed by atoms with E-state index in [0.29, 0.717) is 64.1 Å². The minimum atomic E-state index is -0.922. The van der Waals surface area contributed by atoms with Crippen LogP contribution in [0.4, 0.5) is 0 Å². The average Bonchev–Trinajstić information content (AvgIpc) is 3.02. The molecule has 4 fully saturated rings. The van der Waals surface area contributed by atoms with E-state index in [1.54, 1.807) is 6.92 Å². The molecular formula is C39H68N4O5. The fourth-order valence-corrected chi connectivity index (χ4v) is 8.86. The summed E-state index contributed by atoms with van der Waals surface area (Å²) in [5.74, 6) is 0.506. The first kappa shape index (κ1) is 39.0. The van der Waals surface area contributed by atoms with Crippen molar-refractivity contribution in [3.63, 3.8) is 0 Å². The van der Waals surface area contributed by atoms with E-state index in [2.05, 4.69) is 50.6 Å². The summed E-state index contributed by atoms with van der Waals surface area (Å²) in [5, 5.41) is 10.4. The number of hydrogen-bond acceptors (Lipinski definition) is 7. The third kappa shape index (κ3) is 9.69. The van der Waals surface area contributed by atoms with E-state index in [1.165, 1.54) is 0 Å². The van der Waals surface area contributed by atoms with Crippen molar-refractivity contribution >= 4 is 23.4 Å². The highest BCUT2D eigenvalue weighted by Gasteiger charge is 2.47. The predicted octanol–water partition coefficient (Wildman–Crippen LogP) is 5.87. The Morgan fingerprint density at radius 1 is 0.917 bits per heavy atom. The number of ether oxygens (including phenoxy) is 1. The van der Waals surface area contributed by atoms with Gasteiger partial charge in [0.05, 0.1) is 23.7 Å². The Bertz CT molecular complexity index is 1130. The Hall–Kier alpha value is -1.84. The maximum absolute atomic E-state index is 14.3. The van der Waals surface area contributed by atoms with Crippen molar-refractivity contribution < 1.29 is 23.9 Å². The van der Waals surface area contributed by atoms with Gasteiger partial charge in [0, 0.05) is 38.0 Å². The number of ketones is 2. The summed E-state index contributed by atoms with van der Waals surface area (Å²) in [4.78, 5) is 57.1. The Morgan fingerprint density at radius 2 is 1.56 bits per heavy atom. The number of rotatable bonds is 10. The maximum atomic E-state index is 14.3. The minimum Gasteiger partial charge on any atom is -0.364 e. The third-order valence-corrected chi connectivity index (χ3v) is 11.9. The number of carbonyl (C=O) groups is 4. The normalized spacial score (nSPS) is 28.4. The van der Waals surface area contributed by atoms with Gasteiger partial charge in [-0.3, -0.25) is 24.5 Å². The number of nitrogens with zero attached hydrogens (tertiary/aromatic N) is 1. The molecule has 0 spiro atoms. The second-order valence-electron chi connectivity index (χ2n) is 17.8. The molecule has 0 aromatic rings. The summed E-state index contributed by atoms with van der Waals surface area (Å²) >= 11 is 0. The molecule has 4 atom stereocenters. The summed E-state index contributed by atoms with van der Waals surface area (Å²) in [5.41, 5.74) is -1.74. The van der Waals surface area contributed by atoms with Crippen LogP contribution in [0.15, 0.2) is 0 Å². The Labute approximate surface area is 291 Å². The van der Waals surface area contributed by atoms with Crippen molar-refractivity contribution in [2.45, 2.75) is 187 Å². The summed E-state index contributed by atoms with van der Waals surface area (Å²) < 4.78 is 6.77. The Kier molecular flexibility index (Phi) is 13.0. The molecule has 0 radical (unpaired) electrons. The van der Waals surface area contributed by atoms with Crippen LogP contribution in [0.2, 0.25) is 0 Å². The van der Waals surface area contributed by atoms with Crippen LogP contribution in [0.1, 0.15) is 152 Å². The lowest BCUT2D eigenvalue weighted by molar-refractivity contribution is -0.168. The second kappa shape index (κ2) is 16.0. The molecule has 3 N–H and O–H groups in total. The first-order chi connectivity index (χ1) is 22.5. The number of hydrogen-bond donors (Lipinski definition) is 3. The average molecular weight is 673 g/mol. The summed E-state index contributed by atoms with van der Waals surface area (Å²) in [6.07, 6.45) is 12.1. The van der Waals surface area contributed by atoms with E-state index in [4.69, 9.17) is 4.74 Å². The SMILES string of the molecule is CC(C)[C@H](NC12CCCCC(CC1)C(C)(C)NCCC2=O)C(=O)N[C@@H](C)C(=O)C1(OC2CCN(C(=O)CC(C)(C)C)CC2)CCCCC1. The van der Waals surface area contributed by atoms with Crippen LogP contribution in [0.5, 0.6) is 0 Å². The highest BCUT2D eigenvalue weighted by Crippen LogP contribution is 2.39. The standard InChI is InChI=1S/C39H68N4O5/c1-27(2)33(42-38-19-13-10-14-29(15-22-38)37(7,8)40-23-16-31(38)44)35(47)41-28(3)34(46)39(20-11-9-12-21-39)48-30-17-24-43(25-18-30)32(45)26-36(4,5)6/h27-30,33,40,42H,9-26H2,1-8H3,(H,41,47)/t28-,29?,33-,38?/m0/s1. The molecule has 2 bridgehead atoms. The first-order valence-corrected chi connectivity index (χ1v) is 19.3. The van der Waals surface area contributed by atoms with E-state index in [0.717, 1.165) is 57.8 Å². The minimum absolute atomic E-state index is 0.0316. The van der Waals surface area contributed by atoms with Gasteiger partial charge in [-0.2, -0.15) is 0 Å². The van der Waals surface area contributed by atoms with Crippen LogP contribution in [0.25, 0.3) is 0 Å². The zero-order chi connectivity index (χ0) is 35.3. The number of carbonyl (C=O) groups excluding carboxylic acids is 4. The molecule has 2 saturated heterocycles. The van der Waals surface area contributed by atoms with E-state index in [1.807, 2.05) is 18.7 Å². The summed E-state index contributed by atoms with van der Waals surface area (Å²) in [6.45, 7) is 18.5. The molecule has 4 rings (SSSR count). The number of nitrogens with one attached hydrogen (secondary N) is 3. The molecule has 2 aliphatic heterocycles. The lowest BCUT2D eigenvalue weighted by Gasteiger charge is -2.43. The van der Waals surface area contributed by atoms with Crippen molar-refractivity contribution in [3.05, 3.63) is 0 Å². The van der Waals surface area contributed by atoms with Gasteiger partial charge in [-0.25, -0.2) is 0 Å².